The van der Waals surface area contributed by atoms with Crippen molar-refractivity contribution in [2.45, 2.75) is 0 Å². The maximum atomic E-state index is 5.74. The first-order valence-electron chi connectivity index (χ1n) is 4.99. The maximum absolute atomic E-state index is 5.74. The Bertz CT molecular complexity index is 491. The molecule has 2 aromatic rings. The highest BCUT2D eigenvalue weighted by Crippen LogP contribution is 2.29. The van der Waals surface area contributed by atoms with Crippen molar-refractivity contribution in [1.29, 1.82) is 0 Å². The van der Waals surface area contributed by atoms with Gasteiger partial charge in [-0.2, -0.15) is 0 Å². The third-order valence-corrected chi connectivity index (χ3v) is 3.19. The molecule has 0 fully saturated rings. The minimum atomic E-state index is 0.753. The van der Waals surface area contributed by atoms with Crippen molar-refractivity contribution in [3.63, 3.8) is 0 Å². The Kier molecular flexibility index (Phi) is 2.92. The second-order valence-electron chi connectivity index (χ2n) is 3.81. The Morgan fingerprint density at radius 2 is 1.44 bits per heavy atom. The second kappa shape index (κ2) is 4.22. The van der Waals surface area contributed by atoms with Crippen LogP contribution in [0, 0.1) is 0 Å². The van der Waals surface area contributed by atoms with E-state index in [9.17, 15) is 0 Å². The Labute approximate surface area is 104 Å². The number of hydrogen-bond acceptors (Lipinski definition) is 2. The Hall–Kier alpha value is -1.42. The van der Waals surface area contributed by atoms with Crippen molar-refractivity contribution < 1.29 is 0 Å². The van der Waals surface area contributed by atoms with Crippen LogP contribution in [0.5, 0.6) is 0 Å². The van der Waals surface area contributed by atoms with Crippen molar-refractivity contribution in [1.82, 2.24) is 0 Å². The van der Waals surface area contributed by atoms with Gasteiger partial charge in [-0.15, -0.1) is 0 Å². The Morgan fingerprint density at radius 1 is 0.875 bits per heavy atom. The fraction of sp³-hybridized carbons (Fsp3) is 0. The van der Waals surface area contributed by atoms with E-state index in [-0.39, 0.29) is 0 Å². The average molecular weight is 275 g/mol. The van der Waals surface area contributed by atoms with Gasteiger partial charge in [0.05, 0.1) is 0 Å². The molecule has 0 aliphatic heterocycles. The number of nitrogens with two attached hydrogens (primary N) is 2. The summed E-state index contributed by atoms with van der Waals surface area (Å²) in [6.07, 6.45) is 0. The summed E-state index contributed by atoms with van der Waals surface area (Å²) in [6, 6.07) is 11.7. The minimum absolute atomic E-state index is 0.753. The predicted molar refractivity (Wildman–Crippen MR) is 76.6 cm³/mol. The fourth-order valence-electron chi connectivity index (χ4n) is 1.74. The maximum Gasteiger partial charge on any atom is 0.140 e. The van der Waals surface area contributed by atoms with Crippen molar-refractivity contribution in [2.24, 2.45) is 0 Å². The van der Waals surface area contributed by atoms with Crippen molar-refractivity contribution in [3.05, 3.63) is 40.9 Å². The summed E-state index contributed by atoms with van der Waals surface area (Å²) >= 11 is 3.53. The van der Waals surface area contributed by atoms with Crippen molar-refractivity contribution >= 4 is 40.6 Å². The van der Waals surface area contributed by atoms with E-state index in [2.05, 4.69) is 23.8 Å². The van der Waals surface area contributed by atoms with Crippen LogP contribution in [0.3, 0.4) is 0 Å². The molecular formula is C12H12BBrN2. The topological polar surface area (TPSA) is 52.0 Å². The minimum Gasteiger partial charge on any atom is -0.399 e. The molecule has 0 aliphatic carbocycles. The molecule has 0 atom stereocenters. The zero-order valence-corrected chi connectivity index (χ0v) is 10.6. The first-order chi connectivity index (χ1) is 7.58. The molecule has 0 amide bonds. The molecule has 2 nitrogen and oxygen atoms in total. The molecule has 0 aromatic heterocycles. The first kappa shape index (κ1) is 11.1. The lowest BCUT2D eigenvalue weighted by molar-refractivity contribution is 1.60. The third-order valence-electron chi connectivity index (χ3n) is 2.53. The standard InChI is InChI=1S/C12H12BBrN2/c13-11-5-7(15)1-3-9(11)10-4-2-8(16)6-12(10)14/h1-6H,13,15-16H2. The van der Waals surface area contributed by atoms with E-state index in [1.807, 2.05) is 36.4 Å². The summed E-state index contributed by atoms with van der Waals surface area (Å²) in [6.45, 7) is 0. The molecule has 0 unspecified atom stereocenters. The predicted octanol–water partition coefficient (Wildman–Crippen LogP) is 1.54. The van der Waals surface area contributed by atoms with Gasteiger partial charge in [0.25, 0.3) is 0 Å². The molecular weight excluding hydrogens is 263 g/mol. The summed E-state index contributed by atoms with van der Waals surface area (Å²) in [5.41, 5.74) is 16.4. The van der Waals surface area contributed by atoms with Gasteiger partial charge in [0.15, 0.2) is 0 Å². The van der Waals surface area contributed by atoms with Crippen LogP contribution in [0.2, 0.25) is 0 Å². The quantitative estimate of drug-likeness (QED) is 0.612. The third kappa shape index (κ3) is 2.07. The average Bonchev–Trinajstić information content (AvgIpc) is 2.19. The zero-order valence-electron chi connectivity index (χ0n) is 9.00. The Balaban J connectivity index is 2.59. The second-order valence-corrected chi connectivity index (χ2v) is 4.67. The molecule has 0 spiro atoms. The zero-order chi connectivity index (χ0) is 11.7. The monoisotopic (exact) mass is 274 g/mol. The van der Waals surface area contributed by atoms with E-state index in [0.717, 1.165) is 26.9 Å². The van der Waals surface area contributed by atoms with E-state index in [4.69, 9.17) is 11.5 Å². The number of rotatable bonds is 1. The molecule has 16 heavy (non-hydrogen) atoms. The van der Waals surface area contributed by atoms with Gasteiger partial charge in [-0.3, -0.25) is 0 Å². The van der Waals surface area contributed by atoms with Crippen LogP contribution in [0.4, 0.5) is 11.4 Å². The molecule has 0 heterocycles. The number of anilines is 2. The summed E-state index contributed by atoms with van der Waals surface area (Å²) in [7, 11) is 2.05. The Morgan fingerprint density at radius 3 is 2.00 bits per heavy atom. The van der Waals surface area contributed by atoms with Crippen LogP contribution in [0.25, 0.3) is 11.1 Å². The summed E-state index contributed by atoms with van der Waals surface area (Å²) in [4.78, 5) is 0. The van der Waals surface area contributed by atoms with E-state index in [1.165, 1.54) is 5.56 Å². The fourth-order valence-corrected chi connectivity index (χ4v) is 2.35. The largest absolute Gasteiger partial charge is 0.399 e. The lowest BCUT2D eigenvalue weighted by Gasteiger charge is -2.10. The molecule has 2 rings (SSSR count). The lowest BCUT2D eigenvalue weighted by Crippen LogP contribution is -2.08. The van der Waals surface area contributed by atoms with E-state index >= 15 is 0 Å². The van der Waals surface area contributed by atoms with Gasteiger partial charge in [-0.1, -0.05) is 33.5 Å². The lowest BCUT2D eigenvalue weighted by atomic mass is 9.87. The number of benzene rings is 2. The van der Waals surface area contributed by atoms with Crippen LogP contribution in [0.15, 0.2) is 40.9 Å². The molecule has 2 aromatic carbocycles. The number of halogens is 1. The first-order valence-corrected chi connectivity index (χ1v) is 5.79. The van der Waals surface area contributed by atoms with Gasteiger partial charge in [0, 0.05) is 15.8 Å². The number of nitrogen functional groups attached to an aromatic ring is 2. The normalized spacial score (nSPS) is 10.3. The highest BCUT2D eigenvalue weighted by molar-refractivity contribution is 9.10. The molecule has 0 bridgehead atoms. The summed E-state index contributed by atoms with van der Waals surface area (Å²) < 4.78 is 1.00. The van der Waals surface area contributed by atoms with Crippen LogP contribution in [-0.4, -0.2) is 7.85 Å². The highest BCUT2D eigenvalue weighted by Gasteiger charge is 2.06. The smallest absolute Gasteiger partial charge is 0.140 e. The van der Waals surface area contributed by atoms with Crippen LogP contribution < -0.4 is 16.9 Å². The van der Waals surface area contributed by atoms with Crippen molar-refractivity contribution in [2.75, 3.05) is 11.5 Å². The van der Waals surface area contributed by atoms with Gasteiger partial charge in [-0.05, 0) is 35.4 Å². The summed E-state index contributed by atoms with van der Waals surface area (Å²) in [5.74, 6) is 0. The summed E-state index contributed by atoms with van der Waals surface area (Å²) in [5, 5.41) is 0. The van der Waals surface area contributed by atoms with Gasteiger partial charge in [-0.25, -0.2) is 0 Å². The molecule has 4 heteroatoms. The highest BCUT2D eigenvalue weighted by atomic mass is 79.9. The van der Waals surface area contributed by atoms with E-state index < -0.39 is 0 Å². The van der Waals surface area contributed by atoms with Crippen LogP contribution in [-0.2, 0) is 0 Å². The van der Waals surface area contributed by atoms with Gasteiger partial charge in [0.2, 0.25) is 0 Å². The van der Waals surface area contributed by atoms with E-state index in [0.29, 0.717) is 0 Å². The molecule has 0 saturated heterocycles. The molecule has 4 N–H and O–H groups in total. The van der Waals surface area contributed by atoms with Crippen molar-refractivity contribution in [3.8, 4) is 11.1 Å². The molecule has 0 aliphatic rings. The van der Waals surface area contributed by atoms with E-state index in [1.54, 1.807) is 0 Å². The molecule has 0 radical (unpaired) electrons. The van der Waals surface area contributed by atoms with Gasteiger partial charge < -0.3 is 11.5 Å². The SMILES string of the molecule is Bc1cc(N)ccc1-c1ccc(N)cc1Br. The van der Waals surface area contributed by atoms with Crippen LogP contribution >= 0.6 is 15.9 Å². The van der Waals surface area contributed by atoms with Gasteiger partial charge >= 0.3 is 0 Å². The number of hydrogen-bond donors (Lipinski definition) is 2. The van der Waals surface area contributed by atoms with Gasteiger partial charge in [0.1, 0.15) is 7.85 Å². The molecule has 80 valence electrons. The van der Waals surface area contributed by atoms with Crippen LogP contribution in [0.1, 0.15) is 0 Å². The molecule has 0 saturated carbocycles.